The van der Waals surface area contributed by atoms with Crippen molar-refractivity contribution in [1.82, 2.24) is 9.80 Å². The van der Waals surface area contributed by atoms with Crippen LogP contribution in [-0.4, -0.2) is 53.6 Å². The molecule has 1 aliphatic heterocycles. The molecule has 0 radical (unpaired) electrons. The molecule has 5 heteroatoms. The van der Waals surface area contributed by atoms with Crippen molar-refractivity contribution in [3.05, 3.63) is 0 Å². The lowest BCUT2D eigenvalue weighted by Gasteiger charge is -2.34. The molecule has 0 aliphatic carbocycles. The van der Waals surface area contributed by atoms with Crippen LogP contribution in [0.2, 0.25) is 0 Å². The van der Waals surface area contributed by atoms with E-state index in [0.29, 0.717) is 13.0 Å². The summed E-state index contributed by atoms with van der Waals surface area (Å²) < 4.78 is 0. The van der Waals surface area contributed by atoms with E-state index in [2.05, 4.69) is 0 Å². The Morgan fingerprint density at radius 1 is 1.36 bits per heavy atom. The Bertz CT molecular complexity index is 240. The van der Waals surface area contributed by atoms with Crippen molar-refractivity contribution in [3.63, 3.8) is 0 Å². The molecule has 0 saturated carbocycles. The van der Waals surface area contributed by atoms with Gasteiger partial charge in [-0.05, 0) is 19.3 Å². The Morgan fingerprint density at radius 3 is 2.50 bits per heavy atom. The average molecular weight is 200 g/mol. The van der Waals surface area contributed by atoms with E-state index in [-0.39, 0.29) is 6.03 Å². The predicted octanol–water partition coefficient (Wildman–Crippen LogP) is 0.607. The number of nitrogens with zero attached hydrogens (tertiary/aromatic N) is 2. The number of aliphatic carboxylic acids is 1. The lowest BCUT2D eigenvalue weighted by molar-refractivity contribution is -0.143. The summed E-state index contributed by atoms with van der Waals surface area (Å²) in [5, 5.41) is 8.93. The molecule has 1 aliphatic rings. The molecule has 5 nitrogen and oxygen atoms in total. The topological polar surface area (TPSA) is 60.9 Å². The number of carboxylic acid groups (broad SMARTS) is 1. The number of carboxylic acids is 1. The number of carbonyl (C=O) groups excluding carboxylic acids is 1. The lowest BCUT2D eigenvalue weighted by Crippen LogP contribution is -2.51. The molecule has 1 unspecified atom stereocenters. The molecule has 1 heterocycles. The number of carbonyl (C=O) groups is 2. The van der Waals surface area contributed by atoms with Crippen LogP contribution in [0, 0.1) is 0 Å². The van der Waals surface area contributed by atoms with E-state index >= 15 is 0 Å². The second-order valence-corrected chi connectivity index (χ2v) is 3.72. The van der Waals surface area contributed by atoms with Gasteiger partial charge in [0.05, 0.1) is 0 Å². The normalized spacial score (nSPS) is 21.9. The summed E-state index contributed by atoms with van der Waals surface area (Å²) in [5.41, 5.74) is 0. The number of amides is 2. The van der Waals surface area contributed by atoms with E-state index in [9.17, 15) is 9.59 Å². The Morgan fingerprint density at radius 2 is 2.00 bits per heavy atom. The van der Waals surface area contributed by atoms with Crippen molar-refractivity contribution in [2.75, 3.05) is 20.6 Å². The Hall–Kier alpha value is -1.26. The van der Waals surface area contributed by atoms with Gasteiger partial charge in [-0.3, -0.25) is 0 Å². The second kappa shape index (κ2) is 4.30. The predicted molar refractivity (Wildman–Crippen MR) is 51.1 cm³/mol. The van der Waals surface area contributed by atoms with Crippen molar-refractivity contribution in [2.24, 2.45) is 0 Å². The van der Waals surface area contributed by atoms with E-state index in [4.69, 9.17) is 5.11 Å². The van der Waals surface area contributed by atoms with Crippen molar-refractivity contribution in [3.8, 4) is 0 Å². The quantitative estimate of drug-likeness (QED) is 0.674. The molecular weight excluding hydrogens is 184 g/mol. The molecule has 0 aromatic carbocycles. The first-order chi connectivity index (χ1) is 6.54. The molecule has 0 aromatic heterocycles. The van der Waals surface area contributed by atoms with E-state index in [1.165, 1.54) is 9.80 Å². The zero-order valence-corrected chi connectivity index (χ0v) is 8.56. The van der Waals surface area contributed by atoms with Crippen LogP contribution in [0.5, 0.6) is 0 Å². The van der Waals surface area contributed by atoms with Gasteiger partial charge in [0.2, 0.25) is 0 Å². The zero-order valence-electron chi connectivity index (χ0n) is 8.56. The fraction of sp³-hybridized carbons (Fsp3) is 0.778. The maximum Gasteiger partial charge on any atom is 0.326 e. The molecule has 1 atom stereocenters. The van der Waals surface area contributed by atoms with Crippen LogP contribution in [0.4, 0.5) is 4.79 Å². The van der Waals surface area contributed by atoms with Crippen LogP contribution in [-0.2, 0) is 4.79 Å². The number of hydrogen-bond donors (Lipinski definition) is 1. The summed E-state index contributed by atoms with van der Waals surface area (Å²) >= 11 is 0. The van der Waals surface area contributed by atoms with E-state index in [1.807, 2.05) is 0 Å². The minimum Gasteiger partial charge on any atom is -0.480 e. The van der Waals surface area contributed by atoms with Gasteiger partial charge in [0.25, 0.3) is 0 Å². The standard InChI is InChI=1S/C9H16N2O3/c1-10(2)9(14)11-6-4-3-5-7(11)8(12)13/h7H,3-6H2,1-2H3,(H,12,13). The van der Waals surface area contributed by atoms with Crippen LogP contribution in [0.25, 0.3) is 0 Å². The third kappa shape index (κ3) is 2.16. The molecule has 14 heavy (non-hydrogen) atoms. The molecular formula is C9H16N2O3. The highest BCUT2D eigenvalue weighted by atomic mass is 16.4. The number of hydrogen-bond acceptors (Lipinski definition) is 2. The molecule has 80 valence electrons. The third-order valence-electron chi connectivity index (χ3n) is 2.42. The van der Waals surface area contributed by atoms with Crippen LogP contribution >= 0.6 is 0 Å². The highest BCUT2D eigenvalue weighted by Crippen LogP contribution is 2.18. The second-order valence-electron chi connectivity index (χ2n) is 3.72. The van der Waals surface area contributed by atoms with Gasteiger partial charge in [0.15, 0.2) is 0 Å². The van der Waals surface area contributed by atoms with Gasteiger partial charge in [0.1, 0.15) is 6.04 Å². The smallest absolute Gasteiger partial charge is 0.326 e. The van der Waals surface area contributed by atoms with Gasteiger partial charge in [0, 0.05) is 20.6 Å². The fourth-order valence-corrected chi connectivity index (χ4v) is 1.67. The van der Waals surface area contributed by atoms with E-state index in [0.717, 1.165) is 12.8 Å². The maximum absolute atomic E-state index is 11.6. The van der Waals surface area contributed by atoms with Crippen LogP contribution in [0.1, 0.15) is 19.3 Å². The Kier molecular flexibility index (Phi) is 3.33. The monoisotopic (exact) mass is 200 g/mol. The summed E-state index contributed by atoms with van der Waals surface area (Å²) in [6.07, 6.45) is 2.34. The molecule has 1 saturated heterocycles. The molecule has 0 aromatic rings. The largest absolute Gasteiger partial charge is 0.480 e. The SMILES string of the molecule is CN(C)C(=O)N1CCCCC1C(=O)O. The Labute approximate surface area is 83.3 Å². The summed E-state index contributed by atoms with van der Waals surface area (Å²) in [5.74, 6) is -0.903. The van der Waals surface area contributed by atoms with Gasteiger partial charge in [-0.15, -0.1) is 0 Å². The van der Waals surface area contributed by atoms with E-state index in [1.54, 1.807) is 14.1 Å². The average Bonchev–Trinajstić information content (AvgIpc) is 2.16. The van der Waals surface area contributed by atoms with Crippen LogP contribution in [0.15, 0.2) is 0 Å². The lowest BCUT2D eigenvalue weighted by atomic mass is 10.0. The van der Waals surface area contributed by atoms with Gasteiger partial charge in [-0.2, -0.15) is 0 Å². The summed E-state index contributed by atoms with van der Waals surface area (Å²) in [6.45, 7) is 0.550. The first kappa shape index (κ1) is 10.8. The molecule has 2 amide bonds. The molecule has 1 rings (SSSR count). The van der Waals surface area contributed by atoms with Crippen molar-refractivity contribution < 1.29 is 14.7 Å². The van der Waals surface area contributed by atoms with E-state index < -0.39 is 12.0 Å². The number of likely N-dealkylation sites (tertiary alicyclic amines) is 1. The van der Waals surface area contributed by atoms with Gasteiger partial charge in [-0.1, -0.05) is 0 Å². The van der Waals surface area contributed by atoms with Crippen molar-refractivity contribution >= 4 is 12.0 Å². The maximum atomic E-state index is 11.6. The third-order valence-corrected chi connectivity index (χ3v) is 2.42. The minimum absolute atomic E-state index is 0.211. The summed E-state index contributed by atoms with van der Waals surface area (Å²) in [4.78, 5) is 25.3. The number of rotatable bonds is 1. The number of piperidine rings is 1. The molecule has 1 N–H and O–H groups in total. The fourth-order valence-electron chi connectivity index (χ4n) is 1.67. The van der Waals surface area contributed by atoms with Crippen LogP contribution in [0.3, 0.4) is 0 Å². The highest BCUT2D eigenvalue weighted by molar-refractivity contribution is 5.82. The first-order valence-electron chi connectivity index (χ1n) is 4.74. The zero-order chi connectivity index (χ0) is 10.7. The number of urea groups is 1. The Balaban J connectivity index is 2.72. The molecule has 0 spiro atoms. The van der Waals surface area contributed by atoms with Crippen LogP contribution < -0.4 is 0 Å². The van der Waals surface area contributed by atoms with Gasteiger partial charge >= 0.3 is 12.0 Å². The summed E-state index contributed by atoms with van der Waals surface area (Å²) in [6, 6.07) is -0.851. The molecule has 0 bridgehead atoms. The van der Waals surface area contributed by atoms with Gasteiger partial charge in [-0.25, -0.2) is 9.59 Å². The molecule has 1 fully saturated rings. The van der Waals surface area contributed by atoms with Crippen molar-refractivity contribution in [1.29, 1.82) is 0 Å². The highest BCUT2D eigenvalue weighted by Gasteiger charge is 2.32. The summed E-state index contributed by atoms with van der Waals surface area (Å²) in [7, 11) is 3.27. The van der Waals surface area contributed by atoms with Gasteiger partial charge < -0.3 is 14.9 Å². The minimum atomic E-state index is -0.903. The first-order valence-corrected chi connectivity index (χ1v) is 4.74. The van der Waals surface area contributed by atoms with Crippen molar-refractivity contribution in [2.45, 2.75) is 25.3 Å².